The molecule has 0 radical (unpaired) electrons. The van der Waals surface area contributed by atoms with Gasteiger partial charge in [-0.15, -0.1) is 0 Å². The Kier molecular flexibility index (Phi) is 3.37. The minimum atomic E-state index is -0.475. The third-order valence-electron chi connectivity index (χ3n) is 4.38. The maximum Gasteiger partial charge on any atom is 0.274 e. The van der Waals surface area contributed by atoms with E-state index in [-0.39, 0.29) is 5.54 Å². The van der Waals surface area contributed by atoms with Gasteiger partial charge >= 0.3 is 0 Å². The molecule has 0 saturated heterocycles. The first kappa shape index (κ1) is 14.5. The third kappa shape index (κ3) is 2.14. The van der Waals surface area contributed by atoms with Crippen molar-refractivity contribution in [2.75, 3.05) is 4.90 Å². The van der Waals surface area contributed by atoms with Gasteiger partial charge in [-0.05, 0) is 50.1 Å². The largest absolute Gasteiger partial charge is 0.357 e. The zero-order valence-corrected chi connectivity index (χ0v) is 12.9. The van der Waals surface area contributed by atoms with Gasteiger partial charge in [-0.2, -0.15) is 0 Å². The standard InChI is InChI=1S/C17H19N3O2/c1-11-7-8-12(9-18-11)20-10-14-13(16(21)19-22)5-4-6-15(14)17(20,2)3/h4-9,22H,10H2,1-3H3,(H,19,21). The van der Waals surface area contributed by atoms with E-state index in [1.165, 1.54) is 0 Å². The van der Waals surface area contributed by atoms with E-state index >= 15 is 0 Å². The number of amides is 1. The summed E-state index contributed by atoms with van der Waals surface area (Å²) in [6.45, 7) is 6.81. The van der Waals surface area contributed by atoms with Crippen LogP contribution in [-0.4, -0.2) is 16.1 Å². The van der Waals surface area contributed by atoms with Crippen LogP contribution >= 0.6 is 0 Å². The van der Waals surface area contributed by atoms with E-state index in [0.717, 1.165) is 22.5 Å². The number of aromatic nitrogens is 1. The number of pyridine rings is 1. The molecule has 1 aliphatic heterocycles. The van der Waals surface area contributed by atoms with E-state index in [1.54, 1.807) is 11.5 Å². The Balaban J connectivity index is 2.08. The molecule has 0 unspecified atom stereocenters. The van der Waals surface area contributed by atoms with Crippen molar-refractivity contribution in [3.05, 3.63) is 58.9 Å². The number of carbonyl (C=O) groups excluding carboxylic acids is 1. The molecule has 1 aromatic carbocycles. The lowest BCUT2D eigenvalue weighted by atomic mass is 9.91. The molecule has 114 valence electrons. The molecular formula is C17H19N3O2. The van der Waals surface area contributed by atoms with Crippen LogP contribution in [0.1, 0.15) is 41.0 Å². The number of carbonyl (C=O) groups is 1. The summed E-state index contributed by atoms with van der Waals surface area (Å²) in [7, 11) is 0. The Morgan fingerprint density at radius 3 is 2.73 bits per heavy atom. The van der Waals surface area contributed by atoms with Crippen molar-refractivity contribution in [1.29, 1.82) is 0 Å². The molecule has 0 bridgehead atoms. The number of rotatable bonds is 2. The SMILES string of the molecule is Cc1ccc(N2Cc3c(C(=O)NO)cccc3C2(C)C)cn1. The lowest BCUT2D eigenvalue weighted by Gasteiger charge is -2.34. The second-order valence-corrected chi connectivity index (χ2v) is 6.08. The molecule has 2 heterocycles. The number of nitrogens with zero attached hydrogens (tertiary/aromatic N) is 2. The summed E-state index contributed by atoms with van der Waals surface area (Å²) < 4.78 is 0. The molecule has 1 aromatic heterocycles. The van der Waals surface area contributed by atoms with E-state index in [4.69, 9.17) is 5.21 Å². The van der Waals surface area contributed by atoms with Crippen LogP contribution in [0.4, 0.5) is 5.69 Å². The number of fused-ring (bicyclic) bond motifs is 1. The molecule has 0 spiro atoms. The molecule has 5 heteroatoms. The second kappa shape index (κ2) is 5.10. The summed E-state index contributed by atoms with van der Waals surface area (Å²) in [4.78, 5) is 18.5. The first-order chi connectivity index (χ1) is 10.4. The number of aryl methyl sites for hydroxylation is 1. The zero-order chi connectivity index (χ0) is 15.9. The smallest absolute Gasteiger partial charge is 0.274 e. The van der Waals surface area contributed by atoms with Crippen molar-refractivity contribution in [2.45, 2.75) is 32.9 Å². The van der Waals surface area contributed by atoms with Gasteiger partial charge in [-0.25, -0.2) is 5.48 Å². The summed E-state index contributed by atoms with van der Waals surface area (Å²) in [6, 6.07) is 9.64. The van der Waals surface area contributed by atoms with Crippen LogP contribution in [0, 0.1) is 6.92 Å². The fourth-order valence-corrected chi connectivity index (χ4v) is 3.14. The topological polar surface area (TPSA) is 65.5 Å². The molecule has 0 aliphatic carbocycles. The van der Waals surface area contributed by atoms with E-state index in [1.807, 2.05) is 37.4 Å². The van der Waals surface area contributed by atoms with E-state index < -0.39 is 5.91 Å². The molecule has 2 aromatic rings. The Morgan fingerprint density at radius 2 is 2.09 bits per heavy atom. The Hall–Kier alpha value is -2.40. The highest BCUT2D eigenvalue weighted by Crippen LogP contribution is 2.42. The molecule has 0 saturated carbocycles. The van der Waals surface area contributed by atoms with Gasteiger partial charge in [0.05, 0.1) is 17.4 Å². The average Bonchev–Trinajstić information content (AvgIpc) is 2.79. The van der Waals surface area contributed by atoms with Crippen molar-refractivity contribution in [3.63, 3.8) is 0 Å². The lowest BCUT2D eigenvalue weighted by Crippen LogP contribution is -2.35. The minimum Gasteiger partial charge on any atom is -0.357 e. The Bertz CT molecular complexity index is 723. The quantitative estimate of drug-likeness (QED) is 0.661. The van der Waals surface area contributed by atoms with Gasteiger partial charge in [0.2, 0.25) is 0 Å². The van der Waals surface area contributed by atoms with Crippen molar-refractivity contribution >= 4 is 11.6 Å². The van der Waals surface area contributed by atoms with Crippen LogP contribution in [-0.2, 0) is 12.1 Å². The highest BCUT2D eigenvalue weighted by Gasteiger charge is 2.39. The van der Waals surface area contributed by atoms with Gasteiger partial charge in [-0.1, -0.05) is 12.1 Å². The number of hydrogen-bond acceptors (Lipinski definition) is 4. The first-order valence-corrected chi connectivity index (χ1v) is 7.22. The first-order valence-electron chi connectivity index (χ1n) is 7.22. The highest BCUT2D eigenvalue weighted by molar-refractivity contribution is 5.95. The van der Waals surface area contributed by atoms with Crippen LogP contribution in [0.15, 0.2) is 36.5 Å². The van der Waals surface area contributed by atoms with Gasteiger partial charge in [0, 0.05) is 17.8 Å². The lowest BCUT2D eigenvalue weighted by molar-refractivity contribution is 0.0705. The van der Waals surface area contributed by atoms with Gasteiger partial charge in [0.15, 0.2) is 0 Å². The van der Waals surface area contributed by atoms with Crippen LogP contribution in [0.3, 0.4) is 0 Å². The van der Waals surface area contributed by atoms with E-state index in [2.05, 4.69) is 23.7 Å². The van der Waals surface area contributed by atoms with Crippen molar-refractivity contribution in [3.8, 4) is 0 Å². The zero-order valence-electron chi connectivity index (χ0n) is 12.9. The van der Waals surface area contributed by atoms with Gasteiger partial charge in [-0.3, -0.25) is 15.0 Å². The maximum atomic E-state index is 11.9. The normalized spacial score (nSPS) is 15.5. The maximum absolute atomic E-state index is 11.9. The van der Waals surface area contributed by atoms with E-state index in [0.29, 0.717) is 12.1 Å². The number of nitrogens with one attached hydrogen (secondary N) is 1. The fourth-order valence-electron chi connectivity index (χ4n) is 3.14. The molecule has 1 amide bonds. The molecule has 0 atom stereocenters. The molecular weight excluding hydrogens is 278 g/mol. The third-order valence-corrected chi connectivity index (χ3v) is 4.38. The predicted octanol–water partition coefficient (Wildman–Crippen LogP) is 2.76. The number of hydroxylamine groups is 1. The van der Waals surface area contributed by atoms with E-state index in [9.17, 15) is 4.79 Å². The Labute approximate surface area is 129 Å². The average molecular weight is 297 g/mol. The van der Waals surface area contributed by atoms with Gasteiger partial charge in [0.25, 0.3) is 5.91 Å². The molecule has 5 nitrogen and oxygen atoms in total. The fraction of sp³-hybridized carbons (Fsp3) is 0.294. The van der Waals surface area contributed by atoms with Crippen LogP contribution in [0.25, 0.3) is 0 Å². The number of anilines is 1. The minimum absolute atomic E-state index is 0.252. The summed E-state index contributed by atoms with van der Waals surface area (Å²) in [5.74, 6) is -0.475. The van der Waals surface area contributed by atoms with Gasteiger partial charge < -0.3 is 4.90 Å². The number of hydrogen-bond donors (Lipinski definition) is 2. The van der Waals surface area contributed by atoms with Crippen molar-refractivity contribution in [1.82, 2.24) is 10.5 Å². The molecule has 22 heavy (non-hydrogen) atoms. The predicted molar refractivity (Wildman–Crippen MR) is 83.9 cm³/mol. The Morgan fingerprint density at radius 1 is 1.32 bits per heavy atom. The van der Waals surface area contributed by atoms with Crippen LogP contribution < -0.4 is 10.4 Å². The molecule has 2 N–H and O–H groups in total. The van der Waals surface area contributed by atoms with Crippen molar-refractivity contribution in [2.24, 2.45) is 0 Å². The summed E-state index contributed by atoms with van der Waals surface area (Å²) in [5.41, 5.74) is 6.01. The number of benzene rings is 1. The summed E-state index contributed by atoms with van der Waals surface area (Å²) in [6.07, 6.45) is 1.86. The molecule has 1 aliphatic rings. The monoisotopic (exact) mass is 297 g/mol. The molecule has 0 fully saturated rings. The van der Waals surface area contributed by atoms with Crippen LogP contribution in [0.2, 0.25) is 0 Å². The second-order valence-electron chi connectivity index (χ2n) is 6.08. The van der Waals surface area contributed by atoms with Gasteiger partial charge in [0.1, 0.15) is 0 Å². The van der Waals surface area contributed by atoms with Crippen LogP contribution in [0.5, 0.6) is 0 Å². The summed E-state index contributed by atoms with van der Waals surface area (Å²) in [5, 5.41) is 8.94. The molecule has 3 rings (SSSR count). The highest BCUT2D eigenvalue weighted by atomic mass is 16.5. The van der Waals surface area contributed by atoms with Crippen molar-refractivity contribution < 1.29 is 10.0 Å². The summed E-state index contributed by atoms with van der Waals surface area (Å²) >= 11 is 0.